The van der Waals surface area contributed by atoms with Crippen LogP contribution in [0.1, 0.15) is 35.8 Å². The van der Waals surface area contributed by atoms with Gasteiger partial charge >= 0.3 is 0 Å². The van der Waals surface area contributed by atoms with Crippen molar-refractivity contribution in [2.45, 2.75) is 26.2 Å². The predicted octanol–water partition coefficient (Wildman–Crippen LogP) is 3.77. The molecule has 1 saturated heterocycles. The Kier molecular flexibility index (Phi) is 5.10. The molecule has 140 valence electrons. The third-order valence-corrected chi connectivity index (χ3v) is 5.36. The highest BCUT2D eigenvalue weighted by Gasteiger charge is 2.17. The number of H-pyrrole nitrogens is 1. The Balaban J connectivity index is 1.33. The fourth-order valence-electron chi connectivity index (χ4n) is 3.87. The molecule has 1 aliphatic heterocycles. The molecule has 0 aliphatic carbocycles. The van der Waals surface area contributed by atoms with Gasteiger partial charge in [0.2, 0.25) is 0 Å². The number of rotatable bonds is 5. The van der Waals surface area contributed by atoms with Gasteiger partial charge in [-0.1, -0.05) is 25.1 Å². The van der Waals surface area contributed by atoms with Crippen molar-refractivity contribution in [1.29, 1.82) is 0 Å². The largest absolute Gasteiger partial charge is 0.370 e. The molecule has 1 aromatic carbocycles. The molecule has 0 saturated carbocycles. The van der Waals surface area contributed by atoms with Crippen molar-refractivity contribution in [2.24, 2.45) is 5.92 Å². The van der Waals surface area contributed by atoms with Crippen LogP contribution < -0.4 is 10.2 Å². The van der Waals surface area contributed by atoms with E-state index in [1.807, 2.05) is 36.7 Å². The van der Waals surface area contributed by atoms with Crippen LogP contribution in [0.25, 0.3) is 10.9 Å². The van der Waals surface area contributed by atoms with Gasteiger partial charge in [-0.2, -0.15) is 0 Å². The fourth-order valence-corrected chi connectivity index (χ4v) is 3.87. The first-order valence-corrected chi connectivity index (χ1v) is 9.75. The average Bonchev–Trinajstić information content (AvgIpc) is 3.11. The van der Waals surface area contributed by atoms with Gasteiger partial charge in [-0.15, -0.1) is 0 Å². The summed E-state index contributed by atoms with van der Waals surface area (Å²) in [5, 5.41) is 4.19. The summed E-state index contributed by atoms with van der Waals surface area (Å²) in [6, 6.07) is 12.1. The van der Waals surface area contributed by atoms with Crippen LogP contribution in [0.15, 0.2) is 48.8 Å². The highest BCUT2D eigenvalue weighted by atomic mass is 16.1. The number of hydrogen-bond acceptors (Lipinski definition) is 3. The lowest BCUT2D eigenvalue weighted by Crippen LogP contribution is -2.34. The number of aromatic amines is 1. The van der Waals surface area contributed by atoms with E-state index in [-0.39, 0.29) is 5.91 Å². The van der Waals surface area contributed by atoms with Crippen LogP contribution in [0.5, 0.6) is 0 Å². The Bertz CT molecular complexity index is 915. The van der Waals surface area contributed by atoms with Gasteiger partial charge in [-0.25, -0.2) is 4.98 Å². The summed E-state index contributed by atoms with van der Waals surface area (Å²) < 4.78 is 0. The van der Waals surface area contributed by atoms with Crippen LogP contribution in [-0.2, 0) is 6.42 Å². The molecule has 2 N–H and O–H groups in total. The third-order valence-electron chi connectivity index (χ3n) is 5.36. The molecule has 2 aromatic heterocycles. The Labute approximate surface area is 159 Å². The molecule has 1 aliphatic rings. The van der Waals surface area contributed by atoms with Crippen molar-refractivity contribution in [3.63, 3.8) is 0 Å². The van der Waals surface area contributed by atoms with E-state index in [9.17, 15) is 4.79 Å². The number of anilines is 1. The zero-order valence-corrected chi connectivity index (χ0v) is 15.7. The lowest BCUT2D eigenvalue weighted by atomic mass is 10.00. The molecule has 1 atom stereocenters. The second-order valence-electron chi connectivity index (χ2n) is 7.46. The van der Waals surface area contributed by atoms with E-state index in [2.05, 4.69) is 39.2 Å². The molecule has 5 heteroatoms. The molecule has 0 bridgehead atoms. The summed E-state index contributed by atoms with van der Waals surface area (Å²) in [5.41, 5.74) is 3.93. The molecule has 4 rings (SSSR count). The number of pyridine rings is 1. The summed E-state index contributed by atoms with van der Waals surface area (Å²) in [7, 11) is 0. The number of nitrogens with one attached hydrogen (secondary N) is 2. The quantitative estimate of drug-likeness (QED) is 0.726. The van der Waals surface area contributed by atoms with E-state index in [1.54, 1.807) is 0 Å². The summed E-state index contributed by atoms with van der Waals surface area (Å²) in [6.45, 7) is 5.02. The molecule has 1 unspecified atom stereocenters. The van der Waals surface area contributed by atoms with Crippen molar-refractivity contribution < 1.29 is 4.79 Å². The van der Waals surface area contributed by atoms with Crippen LogP contribution >= 0.6 is 0 Å². The van der Waals surface area contributed by atoms with Gasteiger partial charge < -0.3 is 15.2 Å². The summed E-state index contributed by atoms with van der Waals surface area (Å²) >= 11 is 0. The van der Waals surface area contributed by atoms with Gasteiger partial charge in [0.25, 0.3) is 5.91 Å². The number of nitrogens with zero attached hydrogens (tertiary/aromatic N) is 2. The van der Waals surface area contributed by atoms with E-state index in [0.29, 0.717) is 18.2 Å². The molecular formula is C22H26N4O. The summed E-state index contributed by atoms with van der Waals surface area (Å²) in [5.74, 6) is 0.597. The predicted molar refractivity (Wildman–Crippen MR) is 109 cm³/mol. The van der Waals surface area contributed by atoms with Crippen LogP contribution in [-0.4, -0.2) is 35.5 Å². The van der Waals surface area contributed by atoms with Gasteiger partial charge in [0, 0.05) is 36.7 Å². The molecule has 27 heavy (non-hydrogen) atoms. The van der Waals surface area contributed by atoms with E-state index < -0.39 is 0 Å². The van der Waals surface area contributed by atoms with E-state index >= 15 is 0 Å². The number of fused-ring (bicyclic) bond motifs is 1. The van der Waals surface area contributed by atoms with Crippen molar-refractivity contribution >= 4 is 22.5 Å². The van der Waals surface area contributed by atoms with Crippen LogP contribution in [0.3, 0.4) is 0 Å². The third kappa shape index (κ3) is 3.97. The summed E-state index contributed by atoms with van der Waals surface area (Å²) in [6.07, 6.45) is 7.15. The lowest BCUT2D eigenvalue weighted by Gasteiger charge is -2.32. The SMILES string of the molecule is CC1CCCN(c2ccc(C(=O)NCCc3c[nH]c4ccccc34)nc2)C1. The summed E-state index contributed by atoms with van der Waals surface area (Å²) in [4.78, 5) is 22.4. The molecule has 3 aromatic rings. The maximum Gasteiger partial charge on any atom is 0.269 e. The second-order valence-corrected chi connectivity index (χ2v) is 7.46. The molecule has 0 radical (unpaired) electrons. The first-order valence-electron chi connectivity index (χ1n) is 9.75. The monoisotopic (exact) mass is 362 g/mol. The van der Waals surface area contributed by atoms with Gasteiger partial charge in [0.05, 0.1) is 11.9 Å². The van der Waals surface area contributed by atoms with Gasteiger partial charge in [-0.3, -0.25) is 4.79 Å². The number of aromatic nitrogens is 2. The molecule has 5 nitrogen and oxygen atoms in total. The maximum absolute atomic E-state index is 12.4. The Morgan fingerprint density at radius 3 is 3.00 bits per heavy atom. The number of carbonyl (C=O) groups is 1. The number of piperidine rings is 1. The standard InChI is InChI=1S/C22H26N4O/c1-16-5-4-12-26(15-16)18-8-9-21(25-14-18)22(27)23-11-10-17-13-24-20-7-3-2-6-19(17)20/h2-3,6-9,13-14,16,24H,4-5,10-12,15H2,1H3,(H,23,27). The zero-order valence-electron chi connectivity index (χ0n) is 15.7. The minimum atomic E-state index is -0.117. The van der Waals surface area contributed by atoms with Crippen molar-refractivity contribution in [3.05, 3.63) is 60.0 Å². The maximum atomic E-state index is 12.4. The van der Waals surface area contributed by atoms with Crippen LogP contribution in [0.4, 0.5) is 5.69 Å². The molecule has 1 fully saturated rings. The minimum absolute atomic E-state index is 0.117. The minimum Gasteiger partial charge on any atom is -0.370 e. The second kappa shape index (κ2) is 7.82. The van der Waals surface area contributed by atoms with E-state index in [0.717, 1.165) is 30.7 Å². The normalized spacial score (nSPS) is 17.2. The lowest BCUT2D eigenvalue weighted by molar-refractivity contribution is 0.0949. The molecular weight excluding hydrogens is 336 g/mol. The Morgan fingerprint density at radius 1 is 1.30 bits per heavy atom. The Morgan fingerprint density at radius 2 is 2.19 bits per heavy atom. The topological polar surface area (TPSA) is 61.0 Å². The van der Waals surface area contributed by atoms with Gasteiger partial charge in [0.15, 0.2) is 0 Å². The number of para-hydroxylation sites is 1. The number of benzene rings is 1. The highest BCUT2D eigenvalue weighted by Crippen LogP contribution is 2.22. The fraction of sp³-hybridized carbons (Fsp3) is 0.364. The van der Waals surface area contributed by atoms with E-state index in [1.165, 1.54) is 23.8 Å². The van der Waals surface area contributed by atoms with Crippen LogP contribution in [0.2, 0.25) is 0 Å². The zero-order chi connectivity index (χ0) is 18.6. The smallest absolute Gasteiger partial charge is 0.269 e. The molecule has 1 amide bonds. The average molecular weight is 362 g/mol. The van der Waals surface area contributed by atoms with Gasteiger partial charge in [-0.05, 0) is 48.9 Å². The van der Waals surface area contributed by atoms with E-state index in [4.69, 9.17) is 0 Å². The van der Waals surface area contributed by atoms with Crippen molar-refractivity contribution in [3.8, 4) is 0 Å². The van der Waals surface area contributed by atoms with Crippen molar-refractivity contribution in [1.82, 2.24) is 15.3 Å². The number of carbonyl (C=O) groups excluding carboxylic acids is 1. The number of hydrogen-bond donors (Lipinski definition) is 2. The highest BCUT2D eigenvalue weighted by molar-refractivity contribution is 5.92. The Hall–Kier alpha value is -2.82. The van der Waals surface area contributed by atoms with Crippen molar-refractivity contribution in [2.75, 3.05) is 24.5 Å². The van der Waals surface area contributed by atoms with Crippen LogP contribution in [0, 0.1) is 5.92 Å². The molecule has 0 spiro atoms. The molecule has 3 heterocycles. The number of amides is 1. The van der Waals surface area contributed by atoms with Gasteiger partial charge in [0.1, 0.15) is 5.69 Å². The first-order chi connectivity index (χ1) is 13.2. The first kappa shape index (κ1) is 17.6.